The molecule has 3 nitrogen and oxygen atoms in total. The molecule has 0 spiro atoms. The highest BCUT2D eigenvalue weighted by atomic mass is 79.9. The molecule has 0 saturated carbocycles. The summed E-state index contributed by atoms with van der Waals surface area (Å²) in [6.45, 7) is 0. The number of rotatable bonds is 3. The third-order valence-corrected chi connectivity index (χ3v) is 1.43. The number of halogens is 1. The summed E-state index contributed by atoms with van der Waals surface area (Å²) < 4.78 is 9.15. The van der Waals surface area contributed by atoms with E-state index >= 15 is 0 Å². The van der Waals surface area contributed by atoms with Crippen LogP contribution in [-0.2, 0) is 14.3 Å². The molecule has 0 radical (unpaired) electrons. The van der Waals surface area contributed by atoms with Crippen molar-refractivity contribution in [3.63, 3.8) is 0 Å². The smallest absolute Gasteiger partial charge is 0.333 e. The maximum Gasteiger partial charge on any atom is 0.333 e. The van der Waals surface area contributed by atoms with Crippen molar-refractivity contribution in [1.82, 2.24) is 0 Å². The fourth-order valence-electron chi connectivity index (χ4n) is 0.342. The van der Waals surface area contributed by atoms with Crippen molar-refractivity contribution in [1.29, 1.82) is 0 Å². The second kappa shape index (κ2) is 5.29. The number of carbonyl (C=O) groups excluding carboxylic acids is 1. The summed E-state index contributed by atoms with van der Waals surface area (Å²) in [5, 5.41) is 0.513. The van der Waals surface area contributed by atoms with Gasteiger partial charge in [0, 0.05) is 0 Å². The van der Waals surface area contributed by atoms with Crippen LogP contribution in [0.15, 0.2) is 11.8 Å². The first kappa shape index (κ1) is 9.49. The fraction of sp³-hybridized carbons (Fsp3) is 0.500. The molecule has 0 bridgehead atoms. The zero-order chi connectivity index (χ0) is 7.98. The number of hydrogen-bond acceptors (Lipinski definition) is 3. The molecule has 10 heavy (non-hydrogen) atoms. The van der Waals surface area contributed by atoms with Crippen LogP contribution in [0.5, 0.6) is 0 Å². The number of esters is 1. The average Bonchev–Trinajstić information content (AvgIpc) is 1.99. The van der Waals surface area contributed by atoms with Crippen LogP contribution in [0.4, 0.5) is 0 Å². The molecule has 0 aliphatic heterocycles. The topological polar surface area (TPSA) is 35.5 Å². The lowest BCUT2D eigenvalue weighted by Gasteiger charge is -1.99. The van der Waals surface area contributed by atoms with Gasteiger partial charge in [-0.15, -0.1) is 0 Å². The average molecular weight is 209 g/mol. The van der Waals surface area contributed by atoms with Gasteiger partial charge in [-0.25, -0.2) is 4.79 Å². The minimum atomic E-state index is -0.406. The number of alkyl halides is 1. The molecule has 0 amide bonds. The van der Waals surface area contributed by atoms with Crippen molar-refractivity contribution in [3.8, 4) is 0 Å². The normalized spacial score (nSPS) is 10.9. The molecular formula is C6H9BrO3. The minimum Gasteiger partial charge on any atom is -0.500 e. The summed E-state index contributed by atoms with van der Waals surface area (Å²) in [5.41, 5.74) is 0. The van der Waals surface area contributed by atoms with Gasteiger partial charge in [-0.05, 0) is 0 Å². The maximum absolute atomic E-state index is 10.5. The predicted molar refractivity (Wildman–Crippen MR) is 40.9 cm³/mol. The SMILES string of the molecule is COC(=O)/C=C(/CBr)OC. The molecule has 0 rings (SSSR count). The molecule has 0 fully saturated rings. The Labute approximate surface area is 68.1 Å². The second-order valence-electron chi connectivity index (χ2n) is 1.47. The quantitative estimate of drug-likeness (QED) is 0.302. The Morgan fingerprint density at radius 2 is 2.10 bits per heavy atom. The number of hydrogen-bond donors (Lipinski definition) is 0. The molecule has 0 aliphatic rings. The Balaban J connectivity index is 3.96. The number of methoxy groups -OCH3 is 2. The van der Waals surface area contributed by atoms with Crippen molar-refractivity contribution >= 4 is 21.9 Å². The van der Waals surface area contributed by atoms with Crippen LogP contribution < -0.4 is 0 Å². The van der Waals surface area contributed by atoms with E-state index in [2.05, 4.69) is 20.7 Å². The molecule has 4 heteroatoms. The largest absolute Gasteiger partial charge is 0.500 e. The van der Waals surface area contributed by atoms with E-state index in [-0.39, 0.29) is 0 Å². The summed E-state index contributed by atoms with van der Waals surface area (Å²) in [6.07, 6.45) is 1.29. The summed E-state index contributed by atoms with van der Waals surface area (Å²) in [5.74, 6) is 0.142. The third-order valence-electron chi connectivity index (χ3n) is 0.874. The molecule has 0 aromatic carbocycles. The van der Waals surface area contributed by atoms with Gasteiger partial charge >= 0.3 is 5.97 Å². The molecule has 0 unspecified atom stereocenters. The maximum atomic E-state index is 10.5. The molecule has 0 heterocycles. The zero-order valence-corrected chi connectivity index (χ0v) is 7.47. The molecule has 0 aromatic rings. The van der Waals surface area contributed by atoms with E-state index in [0.717, 1.165) is 0 Å². The van der Waals surface area contributed by atoms with Crippen LogP contribution in [0.2, 0.25) is 0 Å². The Bertz CT molecular complexity index is 136. The monoisotopic (exact) mass is 208 g/mol. The molecular weight excluding hydrogens is 200 g/mol. The van der Waals surface area contributed by atoms with Gasteiger partial charge < -0.3 is 9.47 Å². The van der Waals surface area contributed by atoms with Gasteiger partial charge in [0.1, 0.15) is 5.76 Å². The zero-order valence-electron chi connectivity index (χ0n) is 5.89. The van der Waals surface area contributed by atoms with Gasteiger partial charge in [-0.1, -0.05) is 15.9 Å². The van der Waals surface area contributed by atoms with Crippen LogP contribution in [0, 0.1) is 0 Å². The van der Waals surface area contributed by atoms with E-state index in [4.69, 9.17) is 4.74 Å². The van der Waals surface area contributed by atoms with E-state index in [0.29, 0.717) is 11.1 Å². The van der Waals surface area contributed by atoms with E-state index in [1.807, 2.05) is 0 Å². The van der Waals surface area contributed by atoms with Gasteiger partial charge in [-0.2, -0.15) is 0 Å². The Morgan fingerprint density at radius 1 is 1.50 bits per heavy atom. The number of carbonyl (C=O) groups is 1. The summed E-state index contributed by atoms with van der Waals surface area (Å²) in [6, 6.07) is 0. The van der Waals surface area contributed by atoms with E-state index in [9.17, 15) is 4.79 Å². The lowest BCUT2D eigenvalue weighted by Crippen LogP contribution is -1.99. The van der Waals surface area contributed by atoms with Crippen LogP contribution in [-0.4, -0.2) is 25.5 Å². The van der Waals surface area contributed by atoms with Crippen molar-refractivity contribution in [2.75, 3.05) is 19.5 Å². The van der Waals surface area contributed by atoms with Crippen molar-refractivity contribution < 1.29 is 14.3 Å². The molecule has 0 aromatic heterocycles. The lowest BCUT2D eigenvalue weighted by atomic mass is 10.5. The van der Waals surface area contributed by atoms with Crippen LogP contribution in [0.25, 0.3) is 0 Å². The van der Waals surface area contributed by atoms with Crippen molar-refractivity contribution in [3.05, 3.63) is 11.8 Å². The van der Waals surface area contributed by atoms with Gasteiger partial charge in [0.05, 0.1) is 25.6 Å². The van der Waals surface area contributed by atoms with Gasteiger partial charge in [-0.3, -0.25) is 0 Å². The fourth-order valence-corrected chi connectivity index (χ4v) is 0.733. The van der Waals surface area contributed by atoms with E-state index in [1.54, 1.807) is 0 Å². The highest BCUT2D eigenvalue weighted by molar-refractivity contribution is 9.09. The molecule has 0 saturated heterocycles. The number of ether oxygens (including phenoxy) is 2. The lowest BCUT2D eigenvalue weighted by molar-refractivity contribution is -0.135. The van der Waals surface area contributed by atoms with Crippen molar-refractivity contribution in [2.24, 2.45) is 0 Å². The predicted octanol–water partition coefficient (Wildman–Crippen LogP) is 1.08. The first-order valence-corrected chi connectivity index (χ1v) is 3.75. The Hall–Kier alpha value is -0.510. The van der Waals surface area contributed by atoms with E-state index in [1.165, 1.54) is 20.3 Å². The van der Waals surface area contributed by atoms with Crippen LogP contribution >= 0.6 is 15.9 Å². The molecule has 0 aliphatic carbocycles. The molecule has 0 N–H and O–H groups in total. The Kier molecular flexibility index (Phi) is 5.02. The summed E-state index contributed by atoms with van der Waals surface area (Å²) in [7, 11) is 2.82. The third kappa shape index (κ3) is 3.50. The second-order valence-corrected chi connectivity index (χ2v) is 2.03. The highest BCUT2D eigenvalue weighted by Crippen LogP contribution is 1.99. The number of allylic oxidation sites excluding steroid dienone is 1. The summed E-state index contributed by atoms with van der Waals surface area (Å²) in [4.78, 5) is 10.5. The van der Waals surface area contributed by atoms with Crippen molar-refractivity contribution in [2.45, 2.75) is 0 Å². The standard InChI is InChI=1S/C6H9BrO3/c1-9-5(4-7)3-6(8)10-2/h3H,4H2,1-2H3/b5-3-. The van der Waals surface area contributed by atoms with Gasteiger partial charge in [0.2, 0.25) is 0 Å². The first-order chi connectivity index (χ1) is 4.74. The van der Waals surface area contributed by atoms with Crippen LogP contribution in [0.1, 0.15) is 0 Å². The minimum absolute atomic E-state index is 0.406. The molecule has 58 valence electrons. The van der Waals surface area contributed by atoms with Gasteiger partial charge in [0.15, 0.2) is 0 Å². The van der Waals surface area contributed by atoms with Gasteiger partial charge in [0.25, 0.3) is 0 Å². The van der Waals surface area contributed by atoms with E-state index < -0.39 is 5.97 Å². The Morgan fingerprint density at radius 3 is 2.40 bits per heavy atom. The van der Waals surface area contributed by atoms with Crippen LogP contribution in [0.3, 0.4) is 0 Å². The molecule has 0 atom stereocenters. The summed E-state index contributed by atoms with van der Waals surface area (Å²) >= 11 is 3.13. The highest BCUT2D eigenvalue weighted by Gasteiger charge is 1.98. The first-order valence-electron chi connectivity index (χ1n) is 2.63.